The molecule has 0 aliphatic heterocycles. The van der Waals surface area contributed by atoms with Crippen molar-refractivity contribution in [2.45, 2.75) is 178 Å². The fourth-order valence-corrected chi connectivity index (χ4v) is 6.38. The number of hydrogen-bond donors (Lipinski definition) is 9. The minimum absolute atomic E-state index is 0.243. The quantitative estimate of drug-likeness (QED) is 0.0365. The molecule has 0 aromatic rings. The summed E-state index contributed by atoms with van der Waals surface area (Å²) in [6.07, 6.45) is 5.19. The van der Waals surface area contributed by atoms with Gasteiger partial charge in [0.25, 0.3) is 0 Å². The summed E-state index contributed by atoms with van der Waals surface area (Å²) in [6, 6.07) is -1.23. The molecule has 0 bridgehead atoms. The van der Waals surface area contributed by atoms with E-state index in [1.165, 1.54) is 51.0 Å². The highest BCUT2D eigenvalue weighted by Gasteiger charge is 2.51. The first-order chi connectivity index (χ1) is 21.8. The number of phosphoric acid groups is 1. The second-order valence-electron chi connectivity index (χ2n) is 12.6. The van der Waals surface area contributed by atoms with E-state index >= 15 is 0 Å². The van der Waals surface area contributed by atoms with Crippen LogP contribution in [0.4, 0.5) is 0 Å². The Kier molecular flexibility index (Phi) is 22.7. The van der Waals surface area contributed by atoms with E-state index in [1.807, 2.05) is 0 Å². The summed E-state index contributed by atoms with van der Waals surface area (Å²) >= 11 is 0. The zero-order valence-electron chi connectivity index (χ0n) is 27.7. The molecule has 8 atom stereocenters. The molecule has 1 aliphatic carbocycles. The molecule has 0 radical (unpaired) electrons. The molecule has 272 valence electrons. The molecule has 1 saturated carbocycles. The minimum Gasteiger partial charge on any atom is -0.393 e. The summed E-state index contributed by atoms with van der Waals surface area (Å²) in [5.41, 5.74) is 0. The Morgan fingerprint density at radius 1 is 0.761 bits per heavy atom. The van der Waals surface area contributed by atoms with E-state index < -0.39 is 75.2 Å². The van der Waals surface area contributed by atoms with Gasteiger partial charge < -0.3 is 46.0 Å². The van der Waals surface area contributed by atoms with E-state index in [1.54, 1.807) is 6.08 Å². The zero-order chi connectivity index (χ0) is 34.5. The van der Waals surface area contributed by atoms with Crippen molar-refractivity contribution in [1.82, 2.24) is 5.32 Å². The Morgan fingerprint density at radius 2 is 1.24 bits per heavy atom. The molecule has 1 aliphatic rings. The molecule has 46 heavy (non-hydrogen) atoms. The lowest BCUT2D eigenvalue weighted by Crippen LogP contribution is -2.64. The lowest BCUT2D eigenvalue weighted by atomic mass is 9.85. The Labute approximate surface area is 274 Å². The monoisotopic (exact) mass is 683 g/mol. The highest BCUT2D eigenvalue weighted by molar-refractivity contribution is 7.47. The summed E-state index contributed by atoms with van der Waals surface area (Å²) in [6.45, 7) is 3.58. The molecule has 0 spiro atoms. The van der Waals surface area contributed by atoms with Gasteiger partial charge in [-0.2, -0.15) is 0 Å². The van der Waals surface area contributed by atoms with Gasteiger partial charge in [0.05, 0.1) is 31.3 Å². The van der Waals surface area contributed by atoms with E-state index in [2.05, 4.69) is 19.2 Å². The van der Waals surface area contributed by atoms with Crippen LogP contribution in [0.1, 0.15) is 123 Å². The van der Waals surface area contributed by atoms with Crippen molar-refractivity contribution < 1.29 is 59.0 Å². The third kappa shape index (κ3) is 17.4. The minimum atomic E-state index is -5.11. The number of carbonyl (C=O) groups is 1. The van der Waals surface area contributed by atoms with Gasteiger partial charge in [0, 0.05) is 0 Å². The van der Waals surface area contributed by atoms with Gasteiger partial charge in [-0.1, -0.05) is 109 Å². The first kappa shape index (κ1) is 43.1. The van der Waals surface area contributed by atoms with Gasteiger partial charge >= 0.3 is 7.82 Å². The number of nitrogens with one attached hydrogen (secondary N) is 1. The standard InChI is InChI=1S/C32H62NO12P/c1-3-5-7-9-11-12-14-16-18-20-25(35)24(33-26(36)21-23(34)19-17-15-13-10-8-6-4-2)22-44-46(42,43)45-32-30(40)28(38)27(37)29(39)31(32)41/h18,20,23-25,27-32,34-35,37-41H,3-17,19,21-22H2,1-2H3,(H,33,36)(H,42,43)/b20-18+. The molecule has 1 amide bonds. The van der Waals surface area contributed by atoms with Crippen molar-refractivity contribution in [2.75, 3.05) is 6.61 Å². The van der Waals surface area contributed by atoms with Gasteiger partial charge in [-0.05, 0) is 19.3 Å². The number of unbranched alkanes of at least 4 members (excludes halogenated alkanes) is 13. The Morgan fingerprint density at radius 3 is 1.78 bits per heavy atom. The summed E-state index contributed by atoms with van der Waals surface area (Å²) in [5, 5.41) is 73.5. The molecule has 0 aromatic heterocycles. The second-order valence-corrected chi connectivity index (χ2v) is 14.0. The van der Waals surface area contributed by atoms with Crippen LogP contribution in [0.5, 0.6) is 0 Å². The van der Waals surface area contributed by atoms with Crippen LogP contribution in [0, 0.1) is 0 Å². The molecular formula is C32H62NO12P. The first-order valence-electron chi connectivity index (χ1n) is 17.2. The molecule has 0 aromatic carbocycles. The third-order valence-corrected chi connectivity index (χ3v) is 9.36. The molecule has 14 heteroatoms. The predicted molar refractivity (Wildman–Crippen MR) is 174 cm³/mol. The van der Waals surface area contributed by atoms with Crippen LogP contribution in [0.25, 0.3) is 0 Å². The SMILES string of the molecule is CCCCCCCCC/C=C/C(O)C(COP(=O)(O)OC1C(O)C(O)C(O)C(O)C1O)NC(=O)CC(O)CCCCCCCCC. The number of allylic oxidation sites excluding steroid dienone is 1. The zero-order valence-corrected chi connectivity index (χ0v) is 28.6. The van der Waals surface area contributed by atoms with Crippen LogP contribution in [-0.4, -0.2) is 108 Å². The molecule has 0 saturated heterocycles. The fraction of sp³-hybridized carbons (Fsp3) is 0.906. The Bertz CT molecular complexity index is 864. The number of carbonyl (C=O) groups excluding carboxylic acids is 1. The maximum atomic E-state index is 12.8. The number of aliphatic hydroxyl groups is 7. The highest BCUT2D eigenvalue weighted by atomic mass is 31.2. The van der Waals surface area contributed by atoms with E-state index in [-0.39, 0.29) is 6.42 Å². The average Bonchev–Trinajstić information content (AvgIpc) is 3.01. The van der Waals surface area contributed by atoms with E-state index in [0.29, 0.717) is 12.8 Å². The lowest BCUT2D eigenvalue weighted by molar-refractivity contribution is -0.220. The van der Waals surface area contributed by atoms with Crippen LogP contribution in [-0.2, 0) is 18.4 Å². The maximum Gasteiger partial charge on any atom is 0.472 e. The third-order valence-electron chi connectivity index (χ3n) is 8.37. The smallest absolute Gasteiger partial charge is 0.393 e. The number of hydrogen-bond acceptors (Lipinski definition) is 11. The van der Waals surface area contributed by atoms with Crippen LogP contribution in [0.15, 0.2) is 12.2 Å². The van der Waals surface area contributed by atoms with Crippen LogP contribution in [0.3, 0.4) is 0 Å². The molecule has 8 unspecified atom stereocenters. The number of rotatable bonds is 26. The molecule has 1 rings (SSSR count). The molecule has 9 N–H and O–H groups in total. The highest BCUT2D eigenvalue weighted by Crippen LogP contribution is 2.47. The van der Waals surface area contributed by atoms with Crippen molar-refractivity contribution >= 4 is 13.7 Å². The molecular weight excluding hydrogens is 621 g/mol. The van der Waals surface area contributed by atoms with Gasteiger partial charge in [0.2, 0.25) is 5.91 Å². The van der Waals surface area contributed by atoms with E-state index in [0.717, 1.165) is 44.9 Å². The van der Waals surface area contributed by atoms with Gasteiger partial charge in [-0.15, -0.1) is 0 Å². The Hall–Kier alpha value is -0.960. The van der Waals surface area contributed by atoms with Crippen molar-refractivity contribution in [2.24, 2.45) is 0 Å². The van der Waals surface area contributed by atoms with E-state index in [4.69, 9.17) is 9.05 Å². The summed E-state index contributed by atoms with van der Waals surface area (Å²) in [4.78, 5) is 23.1. The van der Waals surface area contributed by atoms with Crippen LogP contribution in [0.2, 0.25) is 0 Å². The Balaban J connectivity index is 2.75. The van der Waals surface area contributed by atoms with Crippen LogP contribution >= 0.6 is 7.82 Å². The maximum absolute atomic E-state index is 12.8. The van der Waals surface area contributed by atoms with Crippen LogP contribution < -0.4 is 5.32 Å². The van der Waals surface area contributed by atoms with Crippen molar-refractivity contribution in [3.63, 3.8) is 0 Å². The van der Waals surface area contributed by atoms with Crippen molar-refractivity contribution in [3.8, 4) is 0 Å². The van der Waals surface area contributed by atoms with Crippen molar-refractivity contribution in [1.29, 1.82) is 0 Å². The predicted octanol–water partition coefficient (Wildman–Crippen LogP) is 2.74. The van der Waals surface area contributed by atoms with E-state index in [9.17, 15) is 50.0 Å². The molecule has 1 fully saturated rings. The summed E-state index contributed by atoms with van der Waals surface area (Å²) < 4.78 is 22.6. The molecule has 0 heterocycles. The first-order valence-corrected chi connectivity index (χ1v) is 18.7. The number of aliphatic hydroxyl groups excluding tert-OH is 7. The van der Waals surface area contributed by atoms with Gasteiger partial charge in [0.15, 0.2) is 0 Å². The molecule has 13 nitrogen and oxygen atoms in total. The summed E-state index contributed by atoms with van der Waals surface area (Å²) in [7, 11) is -5.11. The topological polar surface area (TPSA) is 226 Å². The normalized spacial score (nSPS) is 26.9. The summed E-state index contributed by atoms with van der Waals surface area (Å²) in [5.74, 6) is -0.601. The number of phosphoric ester groups is 1. The largest absolute Gasteiger partial charge is 0.472 e. The van der Waals surface area contributed by atoms with Gasteiger partial charge in [-0.3, -0.25) is 13.8 Å². The van der Waals surface area contributed by atoms with Gasteiger partial charge in [-0.25, -0.2) is 4.57 Å². The number of amides is 1. The lowest BCUT2D eigenvalue weighted by Gasteiger charge is -2.41. The fourth-order valence-electron chi connectivity index (χ4n) is 5.41. The second kappa shape index (κ2) is 24.2. The average molecular weight is 684 g/mol. The van der Waals surface area contributed by atoms with Gasteiger partial charge in [0.1, 0.15) is 36.6 Å². The van der Waals surface area contributed by atoms with Crippen molar-refractivity contribution in [3.05, 3.63) is 12.2 Å².